The van der Waals surface area contributed by atoms with Crippen LogP contribution in [0, 0.1) is 0 Å². The van der Waals surface area contributed by atoms with Crippen LogP contribution in [-0.4, -0.2) is 43.6 Å². The molecule has 1 aliphatic rings. The van der Waals surface area contributed by atoms with Crippen LogP contribution >= 0.6 is 0 Å². The lowest BCUT2D eigenvalue weighted by molar-refractivity contribution is 0.282. The fourth-order valence-corrected chi connectivity index (χ4v) is 3.81. The first kappa shape index (κ1) is 17.8. The Kier molecular flexibility index (Phi) is 4.67. The molecule has 0 aliphatic carbocycles. The highest BCUT2D eigenvalue weighted by Gasteiger charge is 2.16. The maximum Gasteiger partial charge on any atom is 0.137 e. The van der Waals surface area contributed by atoms with Crippen LogP contribution in [0.25, 0.3) is 28.2 Å². The van der Waals surface area contributed by atoms with Crippen LogP contribution in [0.1, 0.15) is 12.0 Å². The van der Waals surface area contributed by atoms with Crippen LogP contribution in [-0.2, 0) is 6.61 Å². The van der Waals surface area contributed by atoms with Gasteiger partial charge in [-0.3, -0.25) is 9.38 Å². The number of fused-ring (bicyclic) bond motifs is 1. The third-order valence-corrected chi connectivity index (χ3v) is 5.30. The minimum atomic E-state index is -0.0595. The van der Waals surface area contributed by atoms with Gasteiger partial charge in [0.05, 0.1) is 24.2 Å². The standard InChI is InChI=1S/C22H22N6O/c29-14-16-9-22-25-12-20(28(22)13-18(16)15-3-2-7-23-10-15)19-4-1-5-21(27-19)26-17-6-8-24-11-17/h1-5,7,9-10,12-13,17,24,29H,6,8,11,14H2,(H,26,27)/t17-/m0/s1. The number of nitrogens with one attached hydrogen (secondary N) is 2. The van der Waals surface area contributed by atoms with Gasteiger partial charge in [0.25, 0.3) is 0 Å². The topological polar surface area (TPSA) is 87.4 Å². The molecule has 7 heteroatoms. The normalized spacial score (nSPS) is 16.4. The van der Waals surface area contributed by atoms with E-state index in [2.05, 4.69) is 20.6 Å². The maximum atomic E-state index is 9.85. The van der Waals surface area contributed by atoms with Crippen molar-refractivity contribution in [3.05, 3.63) is 66.7 Å². The van der Waals surface area contributed by atoms with E-state index in [-0.39, 0.29) is 6.61 Å². The van der Waals surface area contributed by atoms with E-state index in [1.54, 1.807) is 12.4 Å². The average molecular weight is 386 g/mol. The van der Waals surface area contributed by atoms with Crippen LogP contribution in [0.3, 0.4) is 0 Å². The molecule has 5 rings (SSSR count). The third-order valence-electron chi connectivity index (χ3n) is 5.30. The molecule has 4 aromatic heterocycles. The number of aliphatic hydroxyl groups excluding tert-OH is 1. The Bertz CT molecular complexity index is 1130. The summed E-state index contributed by atoms with van der Waals surface area (Å²) in [7, 11) is 0. The van der Waals surface area contributed by atoms with Crippen LogP contribution in [0.2, 0.25) is 0 Å². The van der Waals surface area contributed by atoms with Crippen LogP contribution < -0.4 is 10.6 Å². The van der Waals surface area contributed by atoms with Crippen molar-refractivity contribution in [3.63, 3.8) is 0 Å². The number of anilines is 1. The lowest BCUT2D eigenvalue weighted by Gasteiger charge is -2.13. The molecular formula is C22H22N6O. The first-order chi connectivity index (χ1) is 14.3. The molecule has 1 saturated heterocycles. The lowest BCUT2D eigenvalue weighted by Crippen LogP contribution is -2.22. The van der Waals surface area contributed by atoms with E-state index < -0.39 is 0 Å². The van der Waals surface area contributed by atoms with Gasteiger partial charge in [-0.05, 0) is 42.8 Å². The zero-order chi connectivity index (χ0) is 19.6. The van der Waals surface area contributed by atoms with Gasteiger partial charge in [-0.15, -0.1) is 0 Å². The summed E-state index contributed by atoms with van der Waals surface area (Å²) in [5, 5.41) is 16.7. The highest BCUT2D eigenvalue weighted by atomic mass is 16.3. The Balaban J connectivity index is 1.57. The highest BCUT2D eigenvalue weighted by Crippen LogP contribution is 2.28. The Morgan fingerprint density at radius 1 is 1.21 bits per heavy atom. The summed E-state index contributed by atoms with van der Waals surface area (Å²) in [6.07, 6.45) is 8.47. The van der Waals surface area contributed by atoms with Crippen molar-refractivity contribution in [1.82, 2.24) is 24.7 Å². The Hall–Kier alpha value is -3.29. The Morgan fingerprint density at radius 2 is 2.17 bits per heavy atom. The average Bonchev–Trinajstić information content (AvgIpc) is 3.43. The fraction of sp³-hybridized carbons (Fsp3) is 0.227. The zero-order valence-electron chi connectivity index (χ0n) is 15.9. The molecule has 0 saturated carbocycles. The molecule has 0 unspecified atom stereocenters. The van der Waals surface area contributed by atoms with Gasteiger partial charge in [0.2, 0.25) is 0 Å². The molecular weight excluding hydrogens is 364 g/mol. The van der Waals surface area contributed by atoms with Gasteiger partial charge in [-0.25, -0.2) is 9.97 Å². The molecule has 0 spiro atoms. The Labute approximate surface area is 168 Å². The van der Waals surface area contributed by atoms with E-state index in [0.29, 0.717) is 6.04 Å². The summed E-state index contributed by atoms with van der Waals surface area (Å²) in [6.45, 7) is 1.94. The van der Waals surface area contributed by atoms with Crippen molar-refractivity contribution in [3.8, 4) is 22.5 Å². The molecule has 1 atom stereocenters. The van der Waals surface area contributed by atoms with E-state index in [4.69, 9.17) is 4.98 Å². The van der Waals surface area contributed by atoms with E-state index >= 15 is 0 Å². The summed E-state index contributed by atoms with van der Waals surface area (Å²) in [6, 6.07) is 12.2. The molecule has 0 bridgehead atoms. The third kappa shape index (κ3) is 3.46. The molecule has 1 fully saturated rings. The van der Waals surface area contributed by atoms with Crippen LogP contribution in [0.5, 0.6) is 0 Å². The quantitative estimate of drug-likeness (QED) is 0.489. The van der Waals surface area contributed by atoms with Gasteiger partial charge in [0, 0.05) is 42.3 Å². The van der Waals surface area contributed by atoms with Crippen LogP contribution in [0.15, 0.2) is 61.2 Å². The van der Waals surface area contributed by atoms with Gasteiger partial charge in [-0.2, -0.15) is 0 Å². The molecule has 3 N–H and O–H groups in total. The monoisotopic (exact) mass is 386 g/mol. The predicted molar refractivity (Wildman–Crippen MR) is 112 cm³/mol. The number of aromatic nitrogens is 4. The second kappa shape index (κ2) is 7.62. The molecule has 0 radical (unpaired) electrons. The molecule has 0 aromatic carbocycles. The second-order valence-corrected chi connectivity index (χ2v) is 7.23. The minimum Gasteiger partial charge on any atom is -0.392 e. The Morgan fingerprint density at radius 3 is 2.97 bits per heavy atom. The zero-order valence-corrected chi connectivity index (χ0v) is 15.9. The SMILES string of the molecule is OCc1cc2ncc(-c3cccc(N[C@H]4CCNC4)n3)n2cc1-c1cccnc1. The van der Waals surface area contributed by atoms with Crippen molar-refractivity contribution < 1.29 is 5.11 Å². The highest BCUT2D eigenvalue weighted by molar-refractivity contribution is 5.71. The van der Waals surface area contributed by atoms with Gasteiger partial charge < -0.3 is 15.7 Å². The number of imidazole rings is 1. The molecule has 4 aromatic rings. The number of hydrogen-bond acceptors (Lipinski definition) is 6. The van der Waals surface area contributed by atoms with Crippen molar-refractivity contribution in [2.75, 3.05) is 18.4 Å². The van der Waals surface area contributed by atoms with Gasteiger partial charge in [0.1, 0.15) is 11.5 Å². The number of aliphatic hydroxyl groups is 1. The lowest BCUT2D eigenvalue weighted by atomic mass is 10.0. The minimum absolute atomic E-state index is 0.0595. The fourth-order valence-electron chi connectivity index (χ4n) is 3.81. The molecule has 0 amide bonds. The van der Waals surface area contributed by atoms with Gasteiger partial charge >= 0.3 is 0 Å². The van der Waals surface area contributed by atoms with Crippen molar-refractivity contribution in [2.24, 2.45) is 0 Å². The molecule has 1 aliphatic heterocycles. The van der Waals surface area contributed by atoms with E-state index in [0.717, 1.165) is 59.1 Å². The van der Waals surface area contributed by atoms with Gasteiger partial charge in [-0.1, -0.05) is 12.1 Å². The number of rotatable bonds is 5. The first-order valence-corrected chi connectivity index (χ1v) is 9.78. The second-order valence-electron chi connectivity index (χ2n) is 7.23. The molecule has 146 valence electrons. The first-order valence-electron chi connectivity index (χ1n) is 9.78. The summed E-state index contributed by atoms with van der Waals surface area (Å²) < 4.78 is 2.02. The number of pyridine rings is 3. The summed E-state index contributed by atoms with van der Waals surface area (Å²) in [4.78, 5) is 13.6. The van der Waals surface area contributed by atoms with E-state index in [9.17, 15) is 5.11 Å². The summed E-state index contributed by atoms with van der Waals surface area (Å²) >= 11 is 0. The molecule has 5 heterocycles. The van der Waals surface area contributed by atoms with Crippen molar-refractivity contribution >= 4 is 11.5 Å². The molecule has 29 heavy (non-hydrogen) atoms. The van der Waals surface area contributed by atoms with Crippen molar-refractivity contribution in [1.29, 1.82) is 0 Å². The molecule has 7 nitrogen and oxygen atoms in total. The largest absolute Gasteiger partial charge is 0.392 e. The smallest absolute Gasteiger partial charge is 0.137 e. The maximum absolute atomic E-state index is 9.85. The van der Waals surface area contributed by atoms with Gasteiger partial charge in [0.15, 0.2) is 0 Å². The van der Waals surface area contributed by atoms with Crippen LogP contribution in [0.4, 0.5) is 5.82 Å². The van der Waals surface area contributed by atoms with E-state index in [1.807, 2.05) is 53.2 Å². The summed E-state index contributed by atoms with van der Waals surface area (Å²) in [5.41, 5.74) is 5.23. The van der Waals surface area contributed by atoms with E-state index in [1.165, 1.54) is 0 Å². The van der Waals surface area contributed by atoms with Crippen molar-refractivity contribution in [2.45, 2.75) is 19.1 Å². The summed E-state index contributed by atoms with van der Waals surface area (Å²) in [5.74, 6) is 0.866. The number of hydrogen-bond donors (Lipinski definition) is 3. The predicted octanol–water partition coefficient (Wildman–Crippen LogP) is 2.72. The number of nitrogens with zero attached hydrogens (tertiary/aromatic N) is 4.